The van der Waals surface area contributed by atoms with E-state index in [1.54, 1.807) is 25.3 Å². The molecular formula is C30H38O6. The number of fused-ring (bicyclic) bond motifs is 1. The molecule has 36 heavy (non-hydrogen) atoms. The van der Waals surface area contributed by atoms with Gasteiger partial charge < -0.3 is 23.4 Å². The Kier molecular flexibility index (Phi) is 8.72. The van der Waals surface area contributed by atoms with Gasteiger partial charge in [-0.2, -0.15) is 0 Å². The van der Waals surface area contributed by atoms with E-state index in [1.807, 2.05) is 61.5 Å². The summed E-state index contributed by atoms with van der Waals surface area (Å²) in [7, 11) is 1.61. The van der Waals surface area contributed by atoms with Gasteiger partial charge >= 0.3 is 0 Å². The minimum absolute atomic E-state index is 0.0147. The zero-order valence-corrected chi connectivity index (χ0v) is 22.9. The predicted molar refractivity (Wildman–Crippen MR) is 145 cm³/mol. The number of benzene rings is 2. The molecule has 2 aromatic carbocycles. The fourth-order valence-corrected chi connectivity index (χ4v) is 4.00. The molecule has 0 fully saturated rings. The molecule has 0 bridgehead atoms. The Balaban J connectivity index is 2.35. The van der Waals surface area contributed by atoms with E-state index in [0.29, 0.717) is 51.5 Å². The molecule has 6 nitrogen and oxygen atoms in total. The summed E-state index contributed by atoms with van der Waals surface area (Å²) in [4.78, 5) is 13.8. The summed E-state index contributed by atoms with van der Waals surface area (Å²) in [5.74, 6) is 2.35. The molecule has 194 valence electrons. The van der Waals surface area contributed by atoms with Crippen LogP contribution in [0.1, 0.15) is 61.0 Å². The van der Waals surface area contributed by atoms with Crippen molar-refractivity contribution in [2.75, 3.05) is 7.11 Å². The highest BCUT2D eigenvalue weighted by molar-refractivity contribution is 5.86. The molecule has 0 aliphatic rings. The molecule has 0 aliphatic heterocycles. The molecule has 0 saturated heterocycles. The number of hydrogen-bond acceptors (Lipinski definition) is 6. The van der Waals surface area contributed by atoms with E-state index in [0.717, 1.165) is 11.1 Å². The Bertz CT molecular complexity index is 1290. The SMILES string of the molecule is COc1c(OC(C)C)cc(OC(C)C)c(-c2coc3cc(OC(C)C)ccc3c2=O)c1CC=C(C)C. The molecule has 0 aliphatic carbocycles. The summed E-state index contributed by atoms with van der Waals surface area (Å²) in [6.07, 6.45) is 3.95. The Morgan fingerprint density at radius 1 is 0.917 bits per heavy atom. The van der Waals surface area contributed by atoms with E-state index in [-0.39, 0.29) is 23.7 Å². The lowest BCUT2D eigenvalue weighted by Crippen LogP contribution is -2.14. The maximum Gasteiger partial charge on any atom is 0.200 e. The van der Waals surface area contributed by atoms with Crippen molar-refractivity contribution in [1.29, 1.82) is 0 Å². The lowest BCUT2D eigenvalue weighted by Gasteiger charge is -2.23. The van der Waals surface area contributed by atoms with Crippen LogP contribution in [-0.4, -0.2) is 25.4 Å². The number of allylic oxidation sites excluding steroid dienone is 2. The van der Waals surface area contributed by atoms with E-state index in [2.05, 4.69) is 6.08 Å². The molecule has 0 N–H and O–H groups in total. The van der Waals surface area contributed by atoms with Crippen LogP contribution in [0.25, 0.3) is 22.1 Å². The first kappa shape index (κ1) is 27.2. The van der Waals surface area contributed by atoms with Crippen LogP contribution in [0, 0.1) is 0 Å². The monoisotopic (exact) mass is 494 g/mol. The smallest absolute Gasteiger partial charge is 0.200 e. The lowest BCUT2D eigenvalue weighted by molar-refractivity contribution is 0.220. The molecule has 0 spiro atoms. The van der Waals surface area contributed by atoms with E-state index in [1.165, 1.54) is 6.26 Å². The van der Waals surface area contributed by atoms with Crippen LogP contribution < -0.4 is 24.4 Å². The summed E-state index contributed by atoms with van der Waals surface area (Å²) < 4.78 is 30.0. The summed E-state index contributed by atoms with van der Waals surface area (Å²) >= 11 is 0. The largest absolute Gasteiger partial charge is 0.493 e. The van der Waals surface area contributed by atoms with Crippen molar-refractivity contribution in [3.8, 4) is 34.1 Å². The van der Waals surface area contributed by atoms with Crippen LogP contribution in [0.15, 0.2) is 51.4 Å². The van der Waals surface area contributed by atoms with Crippen molar-refractivity contribution in [2.24, 2.45) is 0 Å². The van der Waals surface area contributed by atoms with E-state index in [9.17, 15) is 4.79 Å². The fourth-order valence-electron chi connectivity index (χ4n) is 4.00. The quantitative estimate of drug-likeness (QED) is 0.275. The third-order valence-corrected chi connectivity index (χ3v) is 5.34. The van der Waals surface area contributed by atoms with Gasteiger partial charge in [0.1, 0.15) is 23.3 Å². The van der Waals surface area contributed by atoms with Gasteiger partial charge in [0.25, 0.3) is 0 Å². The maximum atomic E-state index is 13.8. The highest BCUT2D eigenvalue weighted by Gasteiger charge is 2.25. The summed E-state index contributed by atoms with van der Waals surface area (Å²) in [6, 6.07) is 7.09. The third kappa shape index (κ3) is 6.23. The fraction of sp³-hybridized carbons (Fsp3) is 0.433. The minimum atomic E-state index is -0.154. The molecular weight excluding hydrogens is 456 g/mol. The van der Waals surface area contributed by atoms with Gasteiger partial charge in [-0.25, -0.2) is 0 Å². The number of rotatable bonds is 10. The summed E-state index contributed by atoms with van der Waals surface area (Å²) in [5.41, 5.74) is 3.31. The van der Waals surface area contributed by atoms with Gasteiger partial charge in [0.2, 0.25) is 5.43 Å². The molecule has 0 unspecified atom stereocenters. The van der Waals surface area contributed by atoms with Crippen LogP contribution in [0.4, 0.5) is 0 Å². The van der Waals surface area contributed by atoms with Crippen LogP contribution in [0.3, 0.4) is 0 Å². The molecule has 0 radical (unpaired) electrons. The predicted octanol–water partition coefficient (Wildman–Crippen LogP) is 7.34. The summed E-state index contributed by atoms with van der Waals surface area (Å²) in [6.45, 7) is 15.8. The molecule has 6 heteroatoms. The molecule has 0 amide bonds. The van der Waals surface area contributed by atoms with E-state index >= 15 is 0 Å². The zero-order chi connectivity index (χ0) is 26.6. The maximum absolute atomic E-state index is 13.8. The average molecular weight is 495 g/mol. The van der Waals surface area contributed by atoms with Crippen LogP contribution in [-0.2, 0) is 6.42 Å². The molecule has 3 aromatic rings. The van der Waals surface area contributed by atoms with Gasteiger partial charge in [0.05, 0.1) is 36.4 Å². The third-order valence-electron chi connectivity index (χ3n) is 5.34. The van der Waals surface area contributed by atoms with Gasteiger partial charge in [0, 0.05) is 23.3 Å². The highest BCUT2D eigenvalue weighted by Crippen LogP contribution is 2.45. The van der Waals surface area contributed by atoms with Crippen LogP contribution in [0.5, 0.6) is 23.0 Å². The Hall–Kier alpha value is -3.41. The number of methoxy groups -OCH3 is 1. The van der Waals surface area contributed by atoms with Gasteiger partial charge in [-0.3, -0.25) is 4.79 Å². The van der Waals surface area contributed by atoms with Crippen molar-refractivity contribution in [2.45, 2.75) is 80.1 Å². The second kappa shape index (κ2) is 11.5. The Morgan fingerprint density at radius 3 is 2.14 bits per heavy atom. The lowest BCUT2D eigenvalue weighted by atomic mass is 9.94. The van der Waals surface area contributed by atoms with E-state index in [4.69, 9.17) is 23.4 Å². The molecule has 1 aromatic heterocycles. The van der Waals surface area contributed by atoms with Crippen LogP contribution in [0.2, 0.25) is 0 Å². The number of ether oxygens (including phenoxy) is 4. The van der Waals surface area contributed by atoms with Gasteiger partial charge in [-0.1, -0.05) is 11.6 Å². The van der Waals surface area contributed by atoms with Crippen molar-refractivity contribution in [3.05, 3.63) is 58.0 Å². The van der Waals surface area contributed by atoms with Crippen molar-refractivity contribution >= 4 is 11.0 Å². The average Bonchev–Trinajstić information content (AvgIpc) is 2.77. The Morgan fingerprint density at radius 2 is 1.56 bits per heavy atom. The van der Waals surface area contributed by atoms with Gasteiger partial charge in [0.15, 0.2) is 11.5 Å². The topological polar surface area (TPSA) is 67.1 Å². The molecule has 0 atom stereocenters. The van der Waals surface area contributed by atoms with Crippen molar-refractivity contribution in [1.82, 2.24) is 0 Å². The first-order valence-corrected chi connectivity index (χ1v) is 12.4. The van der Waals surface area contributed by atoms with Gasteiger partial charge in [-0.15, -0.1) is 0 Å². The van der Waals surface area contributed by atoms with E-state index < -0.39 is 0 Å². The molecule has 3 rings (SSSR count). The standard InChI is InChI=1S/C30H38O6/c1-17(2)10-12-23-28(26(35-19(5)6)15-27(30(23)32-9)36-20(7)8)24-16-33-25-14-21(34-18(3)4)11-13-22(25)29(24)31/h10-11,13-16,18-20H,12H2,1-9H3. The molecule has 1 heterocycles. The minimum Gasteiger partial charge on any atom is -0.493 e. The van der Waals surface area contributed by atoms with Crippen LogP contribution >= 0.6 is 0 Å². The van der Waals surface area contributed by atoms with Gasteiger partial charge in [-0.05, 0) is 73.9 Å². The van der Waals surface area contributed by atoms with Crippen molar-refractivity contribution in [3.63, 3.8) is 0 Å². The second-order valence-corrected chi connectivity index (χ2v) is 9.88. The van der Waals surface area contributed by atoms with Crippen molar-refractivity contribution < 1.29 is 23.4 Å². The number of hydrogen-bond donors (Lipinski definition) is 0. The molecule has 0 saturated carbocycles. The Labute approximate surface area is 213 Å². The highest BCUT2D eigenvalue weighted by atomic mass is 16.5. The second-order valence-electron chi connectivity index (χ2n) is 9.88. The first-order valence-electron chi connectivity index (χ1n) is 12.4. The zero-order valence-electron chi connectivity index (χ0n) is 22.9. The normalized spacial score (nSPS) is 11.3. The first-order chi connectivity index (χ1) is 17.0. The summed E-state index contributed by atoms with van der Waals surface area (Å²) in [5, 5.41) is 0.466.